The molecule has 78 valence electrons. The number of anilines is 1. The minimum Gasteiger partial charge on any atom is -0.324 e. The van der Waals surface area contributed by atoms with Gasteiger partial charge in [0.05, 0.1) is 10.4 Å². The summed E-state index contributed by atoms with van der Waals surface area (Å²) in [6.45, 7) is 0. The second-order valence-electron chi connectivity index (χ2n) is 4.04. The smallest absolute Gasteiger partial charge is 0.241 e. The van der Waals surface area contributed by atoms with Crippen LogP contribution in [-0.2, 0) is 4.79 Å². The van der Waals surface area contributed by atoms with Crippen LogP contribution in [0.5, 0.6) is 0 Å². The minimum absolute atomic E-state index is 0.152. The van der Waals surface area contributed by atoms with Crippen molar-refractivity contribution in [3.05, 3.63) is 22.7 Å². The third-order valence-corrected chi connectivity index (χ3v) is 5.12. The molecule has 1 aromatic carbocycles. The molecule has 0 unspecified atom stereocenters. The molecule has 1 aromatic rings. The molecule has 1 fully saturated rings. The molecule has 0 bridgehead atoms. The van der Waals surface area contributed by atoms with E-state index in [1.807, 2.05) is 12.1 Å². The van der Waals surface area contributed by atoms with Crippen molar-refractivity contribution in [3.63, 3.8) is 0 Å². The third-order valence-electron chi connectivity index (χ3n) is 3.07. The van der Waals surface area contributed by atoms with E-state index in [2.05, 4.69) is 27.3 Å². The zero-order valence-electron chi connectivity index (χ0n) is 8.05. The third kappa shape index (κ3) is 1.42. The van der Waals surface area contributed by atoms with Crippen molar-refractivity contribution in [2.75, 3.05) is 5.32 Å². The molecule has 0 aromatic heterocycles. The van der Waals surface area contributed by atoms with E-state index >= 15 is 0 Å². The highest BCUT2D eigenvalue weighted by molar-refractivity contribution is 9.10. The predicted molar refractivity (Wildman–Crippen MR) is 65.2 cm³/mol. The summed E-state index contributed by atoms with van der Waals surface area (Å²) in [4.78, 5) is 13.1. The molecule has 1 amide bonds. The summed E-state index contributed by atoms with van der Waals surface area (Å²) in [5.74, 6) is 0.185. The van der Waals surface area contributed by atoms with Crippen molar-refractivity contribution in [2.24, 2.45) is 0 Å². The van der Waals surface area contributed by atoms with Crippen molar-refractivity contribution < 1.29 is 4.79 Å². The fourth-order valence-corrected chi connectivity index (χ4v) is 3.78. The van der Waals surface area contributed by atoms with Gasteiger partial charge in [-0.3, -0.25) is 4.79 Å². The Morgan fingerprint density at radius 3 is 2.87 bits per heavy atom. The normalized spacial score (nSPS) is 21.8. The van der Waals surface area contributed by atoms with Gasteiger partial charge in [0.2, 0.25) is 5.91 Å². The Balaban J connectivity index is 2.02. The van der Waals surface area contributed by atoms with Crippen LogP contribution >= 0.6 is 27.7 Å². The van der Waals surface area contributed by atoms with Gasteiger partial charge in [0.1, 0.15) is 0 Å². The first-order valence-corrected chi connectivity index (χ1v) is 6.61. The Labute approximate surface area is 101 Å². The molecule has 2 aliphatic rings. The number of hydrogen-bond acceptors (Lipinski definition) is 2. The monoisotopic (exact) mass is 283 g/mol. The van der Waals surface area contributed by atoms with Crippen molar-refractivity contribution in [1.29, 1.82) is 0 Å². The summed E-state index contributed by atoms with van der Waals surface area (Å²) >= 11 is 5.14. The van der Waals surface area contributed by atoms with Crippen LogP contribution in [0.15, 0.2) is 27.6 Å². The molecule has 1 saturated carbocycles. The van der Waals surface area contributed by atoms with Gasteiger partial charge in [-0.2, -0.15) is 0 Å². The van der Waals surface area contributed by atoms with Gasteiger partial charge in [0, 0.05) is 9.37 Å². The highest BCUT2D eigenvalue weighted by atomic mass is 79.9. The lowest BCUT2D eigenvalue weighted by molar-refractivity contribution is -0.120. The van der Waals surface area contributed by atoms with Gasteiger partial charge in [0.15, 0.2) is 0 Å². The van der Waals surface area contributed by atoms with Gasteiger partial charge >= 0.3 is 0 Å². The maximum Gasteiger partial charge on any atom is 0.241 e. The first-order chi connectivity index (χ1) is 7.20. The lowest BCUT2D eigenvalue weighted by atomic mass is 9.83. The molecular weight excluding hydrogens is 274 g/mol. The molecule has 1 aliphatic heterocycles. The second-order valence-corrected chi connectivity index (χ2v) is 6.39. The summed E-state index contributed by atoms with van der Waals surface area (Å²) in [5.41, 5.74) is 0.942. The van der Waals surface area contributed by atoms with E-state index in [1.165, 1.54) is 11.3 Å². The second kappa shape index (κ2) is 3.25. The van der Waals surface area contributed by atoms with E-state index in [0.29, 0.717) is 0 Å². The summed E-state index contributed by atoms with van der Waals surface area (Å²) in [5, 5.41) is 3.00. The number of amides is 1. The maximum absolute atomic E-state index is 11.9. The van der Waals surface area contributed by atoms with Gasteiger partial charge in [-0.05, 0) is 37.5 Å². The van der Waals surface area contributed by atoms with E-state index in [9.17, 15) is 4.79 Å². The SMILES string of the molecule is O=C1Nc2cc(Br)ccc2SC12CCC2. The highest BCUT2D eigenvalue weighted by Crippen LogP contribution is 2.53. The number of halogens is 1. The molecular formula is C11H10BrNOS. The van der Waals surface area contributed by atoms with E-state index in [-0.39, 0.29) is 10.7 Å². The molecule has 4 heteroatoms. The first-order valence-electron chi connectivity index (χ1n) is 5.00. The zero-order valence-corrected chi connectivity index (χ0v) is 10.5. The van der Waals surface area contributed by atoms with Crippen molar-refractivity contribution in [1.82, 2.24) is 0 Å². The van der Waals surface area contributed by atoms with Crippen LogP contribution in [-0.4, -0.2) is 10.7 Å². The average Bonchev–Trinajstić information content (AvgIpc) is 2.14. The topological polar surface area (TPSA) is 29.1 Å². The molecule has 0 saturated heterocycles. The standard InChI is InChI=1S/C11H10BrNOS/c12-7-2-3-9-8(6-7)13-10(14)11(15-9)4-1-5-11/h2-3,6H,1,4-5H2,(H,13,14). The summed E-state index contributed by atoms with van der Waals surface area (Å²) in [6.07, 6.45) is 3.20. The fraction of sp³-hybridized carbons (Fsp3) is 0.364. The summed E-state index contributed by atoms with van der Waals surface area (Å²) in [6, 6.07) is 6.06. The molecule has 0 atom stereocenters. The quantitative estimate of drug-likeness (QED) is 0.791. The number of rotatable bonds is 0. The minimum atomic E-state index is -0.152. The van der Waals surface area contributed by atoms with E-state index in [1.54, 1.807) is 11.8 Å². The Kier molecular flexibility index (Phi) is 2.11. The lowest BCUT2D eigenvalue weighted by Crippen LogP contribution is -2.47. The lowest BCUT2D eigenvalue weighted by Gasteiger charge is -2.42. The molecule has 3 rings (SSSR count). The number of nitrogens with one attached hydrogen (secondary N) is 1. The van der Waals surface area contributed by atoms with Crippen LogP contribution < -0.4 is 5.32 Å². The van der Waals surface area contributed by atoms with Gasteiger partial charge < -0.3 is 5.32 Å². The van der Waals surface area contributed by atoms with Gasteiger partial charge in [-0.25, -0.2) is 0 Å². The molecule has 1 N–H and O–H groups in total. The van der Waals surface area contributed by atoms with E-state index in [0.717, 1.165) is 23.0 Å². The highest BCUT2D eigenvalue weighted by Gasteiger charge is 2.47. The van der Waals surface area contributed by atoms with Crippen LogP contribution in [0.3, 0.4) is 0 Å². The number of hydrogen-bond donors (Lipinski definition) is 1. The van der Waals surface area contributed by atoms with Crippen LogP contribution in [0.25, 0.3) is 0 Å². The molecule has 0 radical (unpaired) electrons. The van der Waals surface area contributed by atoms with Crippen molar-refractivity contribution >= 4 is 39.3 Å². The first kappa shape index (κ1) is 9.73. The molecule has 15 heavy (non-hydrogen) atoms. The van der Waals surface area contributed by atoms with E-state index in [4.69, 9.17) is 0 Å². The van der Waals surface area contributed by atoms with Crippen molar-refractivity contribution in [2.45, 2.75) is 28.9 Å². The Morgan fingerprint density at radius 2 is 2.20 bits per heavy atom. The van der Waals surface area contributed by atoms with Gasteiger partial charge in [-0.15, -0.1) is 11.8 Å². The Morgan fingerprint density at radius 1 is 1.40 bits per heavy atom. The van der Waals surface area contributed by atoms with Crippen LogP contribution in [0.1, 0.15) is 19.3 Å². The Hall–Kier alpha value is -0.480. The number of carbonyl (C=O) groups excluding carboxylic acids is 1. The predicted octanol–water partition coefficient (Wildman–Crippen LogP) is 3.42. The van der Waals surface area contributed by atoms with Gasteiger partial charge in [-0.1, -0.05) is 15.9 Å². The Bertz CT molecular complexity index is 442. The average molecular weight is 284 g/mol. The van der Waals surface area contributed by atoms with Crippen LogP contribution in [0.2, 0.25) is 0 Å². The summed E-state index contributed by atoms with van der Waals surface area (Å²) < 4.78 is 0.854. The number of fused-ring (bicyclic) bond motifs is 1. The van der Waals surface area contributed by atoms with E-state index < -0.39 is 0 Å². The molecule has 1 spiro atoms. The maximum atomic E-state index is 11.9. The molecule has 1 aliphatic carbocycles. The number of thioether (sulfide) groups is 1. The van der Waals surface area contributed by atoms with Crippen molar-refractivity contribution in [3.8, 4) is 0 Å². The zero-order chi connectivity index (χ0) is 10.5. The number of carbonyl (C=O) groups is 1. The molecule has 1 heterocycles. The largest absolute Gasteiger partial charge is 0.324 e. The fourth-order valence-electron chi connectivity index (χ4n) is 2.01. The molecule has 2 nitrogen and oxygen atoms in total. The van der Waals surface area contributed by atoms with Crippen LogP contribution in [0, 0.1) is 0 Å². The van der Waals surface area contributed by atoms with Gasteiger partial charge in [0.25, 0.3) is 0 Å². The number of benzene rings is 1. The summed E-state index contributed by atoms with van der Waals surface area (Å²) in [7, 11) is 0. The van der Waals surface area contributed by atoms with Crippen LogP contribution in [0.4, 0.5) is 5.69 Å².